The first kappa shape index (κ1) is 28.8. The van der Waals surface area contributed by atoms with Crippen molar-refractivity contribution in [3.63, 3.8) is 0 Å². The fraction of sp³-hybridized carbons (Fsp3) is 0.900. The molecule has 0 aromatic heterocycles. The van der Waals surface area contributed by atoms with Crippen LogP contribution in [0.4, 0.5) is 0 Å². The van der Waals surface area contributed by atoms with E-state index in [9.17, 15) is 13.0 Å². The van der Waals surface area contributed by atoms with Crippen molar-refractivity contribution in [3.8, 4) is 0 Å². The third-order valence-electron chi connectivity index (χ3n) is 4.49. The molecule has 0 aromatic carbocycles. The maximum Gasteiger partial charge on any atom is 1.00 e. The van der Waals surface area contributed by atoms with Crippen LogP contribution < -0.4 is 29.6 Å². The molecule has 0 bridgehead atoms. The van der Waals surface area contributed by atoms with Gasteiger partial charge in [-0.2, -0.15) is 0 Å². The van der Waals surface area contributed by atoms with Crippen LogP contribution in [0.5, 0.6) is 0 Å². The van der Waals surface area contributed by atoms with Crippen molar-refractivity contribution in [2.45, 2.75) is 104 Å². The largest absolute Gasteiger partial charge is 1.00 e. The van der Waals surface area contributed by atoms with Gasteiger partial charge in [-0.25, -0.2) is 8.42 Å². The maximum atomic E-state index is 10.7. The molecule has 0 rings (SSSR count). The molecule has 0 aliphatic heterocycles. The minimum absolute atomic E-state index is 0. The molecule has 0 spiro atoms. The van der Waals surface area contributed by atoms with Crippen molar-refractivity contribution in [1.82, 2.24) is 0 Å². The molecular formula is C20H39NaO4S. The van der Waals surface area contributed by atoms with Gasteiger partial charge in [0.2, 0.25) is 10.4 Å². The van der Waals surface area contributed by atoms with Crippen molar-refractivity contribution in [3.05, 3.63) is 12.2 Å². The molecule has 150 valence electrons. The second-order valence-corrected chi connectivity index (χ2v) is 8.05. The summed E-state index contributed by atoms with van der Waals surface area (Å²) in [7, 11) is -4.59. The summed E-state index contributed by atoms with van der Waals surface area (Å²) in [5.41, 5.74) is 0. The monoisotopic (exact) mass is 398 g/mol. The predicted octanol–water partition coefficient (Wildman–Crippen LogP) is 3.14. The quantitative estimate of drug-likeness (QED) is 0.117. The third kappa shape index (κ3) is 22.7. The summed E-state index contributed by atoms with van der Waals surface area (Å²) in [5, 5.41) is 0. The van der Waals surface area contributed by atoms with Gasteiger partial charge < -0.3 is 4.55 Å². The average Bonchev–Trinajstić information content (AvgIpc) is 2.56. The van der Waals surface area contributed by atoms with Crippen molar-refractivity contribution >= 4 is 10.4 Å². The first-order valence-electron chi connectivity index (χ1n) is 10.3. The second-order valence-electron chi connectivity index (χ2n) is 6.99. The first-order chi connectivity index (χ1) is 12.0. The summed E-state index contributed by atoms with van der Waals surface area (Å²) in [6, 6.07) is 0. The molecule has 0 aliphatic carbocycles. The predicted molar refractivity (Wildman–Crippen MR) is 104 cm³/mol. The molecule has 1 unspecified atom stereocenters. The number of unbranched alkanes of at least 4 members (excludes halogenated alkanes) is 11. The normalized spacial score (nSPS) is 13.0. The molecule has 0 aromatic rings. The molecule has 0 saturated heterocycles. The topological polar surface area (TPSA) is 66.4 Å². The molecular weight excluding hydrogens is 359 g/mol. The fourth-order valence-corrected chi connectivity index (χ4v) is 3.27. The molecule has 4 nitrogen and oxygen atoms in total. The molecule has 0 amide bonds. The van der Waals surface area contributed by atoms with Crippen LogP contribution in [0.2, 0.25) is 0 Å². The number of hydrogen-bond acceptors (Lipinski definition) is 4. The third-order valence-corrected chi connectivity index (χ3v) is 4.91. The Bertz CT molecular complexity index is 410. The van der Waals surface area contributed by atoms with Gasteiger partial charge in [0, 0.05) is 5.92 Å². The van der Waals surface area contributed by atoms with E-state index >= 15 is 0 Å². The Morgan fingerprint density at radius 2 is 1.35 bits per heavy atom. The molecule has 0 aliphatic rings. The van der Waals surface area contributed by atoms with Crippen LogP contribution in [-0.4, -0.2) is 19.6 Å². The average molecular weight is 399 g/mol. The molecule has 6 heteroatoms. The summed E-state index contributed by atoms with van der Waals surface area (Å²) in [6.45, 7) is 4.40. The van der Waals surface area contributed by atoms with E-state index in [-0.39, 0.29) is 42.1 Å². The summed E-state index contributed by atoms with van der Waals surface area (Å²) in [4.78, 5) is 0. The molecule has 26 heavy (non-hydrogen) atoms. The van der Waals surface area contributed by atoms with Crippen molar-refractivity contribution in [2.75, 3.05) is 6.61 Å². The minimum atomic E-state index is -4.59. The first-order valence-corrected chi connectivity index (χ1v) is 11.6. The van der Waals surface area contributed by atoms with E-state index in [0.29, 0.717) is 0 Å². The van der Waals surface area contributed by atoms with E-state index < -0.39 is 10.4 Å². The van der Waals surface area contributed by atoms with Crippen molar-refractivity contribution in [2.24, 2.45) is 5.92 Å². The van der Waals surface area contributed by atoms with Crippen molar-refractivity contribution in [1.29, 1.82) is 0 Å². The zero-order chi connectivity index (χ0) is 18.8. The summed E-state index contributed by atoms with van der Waals surface area (Å²) in [5.74, 6) is 0.0231. The van der Waals surface area contributed by atoms with E-state index in [1.165, 1.54) is 64.2 Å². The Hall–Kier alpha value is 0.610. The number of rotatable bonds is 18. The molecule has 1 atom stereocenters. The van der Waals surface area contributed by atoms with Crippen LogP contribution in [0.3, 0.4) is 0 Å². The fourth-order valence-electron chi connectivity index (χ4n) is 2.92. The standard InChI is InChI=1S/C20H40O4S.Na/c1-3-5-7-9-11-12-14-16-18-20(19-24-25(21,22)23)17-15-13-10-8-6-4-2;/h16,18,20H,3-15,17,19H2,1-2H3,(H,21,22,23);/q;+1/p-1/b18-16+;. The maximum absolute atomic E-state index is 10.7. The minimum Gasteiger partial charge on any atom is -0.726 e. The van der Waals surface area contributed by atoms with E-state index in [1.54, 1.807) is 0 Å². The van der Waals surface area contributed by atoms with E-state index in [4.69, 9.17) is 0 Å². The van der Waals surface area contributed by atoms with Gasteiger partial charge in [-0.1, -0.05) is 96.6 Å². The Labute approximate surface area is 184 Å². The van der Waals surface area contributed by atoms with Gasteiger partial charge >= 0.3 is 29.6 Å². The Morgan fingerprint density at radius 3 is 1.88 bits per heavy atom. The van der Waals surface area contributed by atoms with Gasteiger partial charge in [0.1, 0.15) is 0 Å². The van der Waals surface area contributed by atoms with Crippen LogP contribution in [0.1, 0.15) is 104 Å². The molecule has 0 N–H and O–H groups in total. The zero-order valence-electron chi connectivity index (χ0n) is 17.4. The molecule has 0 saturated carbocycles. The van der Waals surface area contributed by atoms with Crippen LogP contribution >= 0.6 is 0 Å². The van der Waals surface area contributed by atoms with Crippen LogP contribution in [-0.2, 0) is 14.6 Å². The zero-order valence-corrected chi connectivity index (χ0v) is 20.2. The summed E-state index contributed by atoms with van der Waals surface area (Å²) < 4.78 is 36.5. The Kier molecular flexibility index (Phi) is 22.6. The second kappa shape index (κ2) is 20.3. The smallest absolute Gasteiger partial charge is 0.726 e. The van der Waals surface area contributed by atoms with Gasteiger partial charge in [-0.05, 0) is 19.3 Å². The van der Waals surface area contributed by atoms with Crippen LogP contribution in [0, 0.1) is 5.92 Å². The van der Waals surface area contributed by atoms with Crippen LogP contribution in [0.15, 0.2) is 12.2 Å². The molecule has 0 heterocycles. The molecule has 0 radical (unpaired) electrons. The van der Waals surface area contributed by atoms with E-state index in [2.05, 4.69) is 24.1 Å². The Morgan fingerprint density at radius 1 is 0.846 bits per heavy atom. The number of hydrogen-bond donors (Lipinski definition) is 0. The SMILES string of the molecule is CCCCCCCC/C=C/C(CCCCCCCC)COS(=O)(=O)[O-].[Na+]. The van der Waals surface area contributed by atoms with Gasteiger partial charge in [0.15, 0.2) is 0 Å². The van der Waals surface area contributed by atoms with E-state index in [0.717, 1.165) is 25.7 Å². The van der Waals surface area contributed by atoms with Gasteiger partial charge in [0.25, 0.3) is 0 Å². The summed E-state index contributed by atoms with van der Waals surface area (Å²) in [6.07, 6.45) is 20.9. The molecule has 0 fully saturated rings. The Balaban J connectivity index is 0. The van der Waals surface area contributed by atoms with E-state index in [1.807, 2.05) is 6.08 Å². The number of allylic oxidation sites excluding steroid dienone is 1. The van der Waals surface area contributed by atoms with Gasteiger partial charge in [-0.15, -0.1) is 0 Å². The van der Waals surface area contributed by atoms with Crippen LogP contribution in [0.25, 0.3) is 0 Å². The van der Waals surface area contributed by atoms with Crippen molar-refractivity contribution < 1.29 is 46.7 Å². The summed E-state index contributed by atoms with van der Waals surface area (Å²) >= 11 is 0. The van der Waals surface area contributed by atoms with Gasteiger partial charge in [0.05, 0.1) is 6.61 Å². The van der Waals surface area contributed by atoms with Gasteiger partial charge in [-0.3, -0.25) is 4.18 Å².